The first-order valence-corrected chi connectivity index (χ1v) is 7.34. The largest absolute Gasteiger partial charge is 0.303 e. The number of benzene rings is 1. The Labute approximate surface area is 116 Å². The Morgan fingerprint density at radius 1 is 1.26 bits per heavy atom. The van der Waals surface area contributed by atoms with Crippen molar-refractivity contribution in [3.63, 3.8) is 0 Å². The van der Waals surface area contributed by atoms with Crippen LogP contribution in [0, 0.1) is 12.3 Å². The molecule has 1 aromatic carbocycles. The summed E-state index contributed by atoms with van der Waals surface area (Å²) in [5.41, 5.74) is 2.55. The van der Waals surface area contributed by atoms with Crippen molar-refractivity contribution in [2.45, 2.75) is 45.6 Å². The minimum Gasteiger partial charge on any atom is -0.303 e. The fraction of sp³-hybridized carbons (Fsp3) is 0.588. The van der Waals surface area contributed by atoms with E-state index in [2.05, 4.69) is 43.1 Å². The summed E-state index contributed by atoms with van der Waals surface area (Å²) < 4.78 is 0. The minimum absolute atomic E-state index is 0.0865. The van der Waals surface area contributed by atoms with Crippen molar-refractivity contribution in [3.05, 3.63) is 35.4 Å². The topological polar surface area (TPSA) is 20.3 Å². The van der Waals surface area contributed by atoms with E-state index in [1.165, 1.54) is 36.7 Å². The molecule has 0 amide bonds. The fourth-order valence-electron chi connectivity index (χ4n) is 3.28. The molecule has 0 spiro atoms. The van der Waals surface area contributed by atoms with Gasteiger partial charge in [-0.1, -0.05) is 49.1 Å². The first-order chi connectivity index (χ1) is 9.13. The monoisotopic (exact) mass is 259 g/mol. The molecule has 0 aromatic heterocycles. The van der Waals surface area contributed by atoms with Gasteiger partial charge in [0.05, 0.1) is 0 Å². The highest BCUT2D eigenvalue weighted by Gasteiger charge is 2.32. The van der Waals surface area contributed by atoms with Crippen LogP contribution in [-0.2, 0) is 11.3 Å². The van der Waals surface area contributed by atoms with Gasteiger partial charge in [-0.05, 0) is 32.4 Å². The second-order valence-electron chi connectivity index (χ2n) is 6.20. The van der Waals surface area contributed by atoms with Crippen LogP contribution in [0.5, 0.6) is 0 Å². The van der Waals surface area contributed by atoms with Crippen LogP contribution in [-0.4, -0.2) is 24.8 Å². The van der Waals surface area contributed by atoms with Gasteiger partial charge in [-0.15, -0.1) is 0 Å². The second kappa shape index (κ2) is 6.33. The third-order valence-electron chi connectivity index (χ3n) is 4.22. The highest BCUT2D eigenvalue weighted by atomic mass is 16.1. The number of nitrogens with zero attached hydrogens (tertiary/aromatic N) is 1. The van der Waals surface area contributed by atoms with Crippen molar-refractivity contribution in [1.29, 1.82) is 0 Å². The van der Waals surface area contributed by atoms with E-state index < -0.39 is 0 Å². The molecule has 0 heterocycles. The SMILES string of the molecule is Cc1cccc(CN(C)CC2(C=O)CCCCC2)c1. The fourth-order valence-corrected chi connectivity index (χ4v) is 3.28. The highest BCUT2D eigenvalue weighted by molar-refractivity contribution is 5.60. The number of aldehydes is 1. The van der Waals surface area contributed by atoms with E-state index in [9.17, 15) is 4.79 Å². The molecule has 0 aliphatic heterocycles. The van der Waals surface area contributed by atoms with Gasteiger partial charge in [0.2, 0.25) is 0 Å². The Hall–Kier alpha value is -1.15. The first kappa shape index (κ1) is 14.3. The number of carbonyl (C=O) groups excluding carboxylic acids is 1. The zero-order chi connectivity index (χ0) is 13.7. The quantitative estimate of drug-likeness (QED) is 0.753. The molecule has 0 radical (unpaired) electrons. The second-order valence-corrected chi connectivity index (χ2v) is 6.20. The van der Waals surface area contributed by atoms with E-state index in [0.717, 1.165) is 25.9 Å². The molecule has 1 aliphatic rings. The molecule has 0 atom stereocenters. The molecule has 2 heteroatoms. The molecule has 19 heavy (non-hydrogen) atoms. The predicted molar refractivity (Wildman–Crippen MR) is 79.1 cm³/mol. The van der Waals surface area contributed by atoms with Gasteiger partial charge in [-0.25, -0.2) is 0 Å². The number of carbonyl (C=O) groups is 1. The molecule has 1 saturated carbocycles. The van der Waals surface area contributed by atoms with Gasteiger partial charge in [0, 0.05) is 18.5 Å². The summed E-state index contributed by atoms with van der Waals surface area (Å²) >= 11 is 0. The smallest absolute Gasteiger partial charge is 0.127 e. The van der Waals surface area contributed by atoms with Gasteiger partial charge >= 0.3 is 0 Å². The van der Waals surface area contributed by atoms with Gasteiger partial charge in [0.1, 0.15) is 6.29 Å². The maximum Gasteiger partial charge on any atom is 0.127 e. The molecule has 2 rings (SSSR count). The number of hydrogen-bond acceptors (Lipinski definition) is 2. The normalized spacial score (nSPS) is 18.5. The molecular formula is C17H25NO. The van der Waals surface area contributed by atoms with E-state index >= 15 is 0 Å². The molecule has 2 nitrogen and oxygen atoms in total. The van der Waals surface area contributed by atoms with E-state index in [4.69, 9.17) is 0 Å². The lowest BCUT2D eigenvalue weighted by molar-refractivity contribution is -0.119. The summed E-state index contributed by atoms with van der Waals surface area (Å²) in [4.78, 5) is 13.8. The maximum absolute atomic E-state index is 11.5. The molecule has 1 aromatic rings. The molecule has 1 fully saturated rings. The van der Waals surface area contributed by atoms with Gasteiger partial charge in [-0.2, -0.15) is 0 Å². The average molecular weight is 259 g/mol. The Morgan fingerprint density at radius 2 is 2.00 bits per heavy atom. The van der Waals surface area contributed by atoms with Crippen molar-refractivity contribution in [1.82, 2.24) is 4.90 Å². The Bertz CT molecular complexity index is 421. The third-order valence-corrected chi connectivity index (χ3v) is 4.22. The number of hydrogen-bond donors (Lipinski definition) is 0. The van der Waals surface area contributed by atoms with Crippen LogP contribution < -0.4 is 0 Å². The lowest BCUT2D eigenvalue weighted by Crippen LogP contribution is -2.38. The lowest BCUT2D eigenvalue weighted by Gasteiger charge is -2.35. The summed E-state index contributed by atoms with van der Waals surface area (Å²) in [7, 11) is 2.13. The summed E-state index contributed by atoms with van der Waals surface area (Å²) in [6, 6.07) is 8.62. The van der Waals surface area contributed by atoms with Crippen LogP contribution in [0.25, 0.3) is 0 Å². The van der Waals surface area contributed by atoms with Crippen LogP contribution in [0.3, 0.4) is 0 Å². The van der Waals surface area contributed by atoms with Crippen molar-refractivity contribution in [2.24, 2.45) is 5.41 Å². The molecule has 0 saturated heterocycles. The Kier molecular flexibility index (Phi) is 4.76. The molecular weight excluding hydrogens is 234 g/mol. The van der Waals surface area contributed by atoms with E-state index in [1.54, 1.807) is 0 Å². The summed E-state index contributed by atoms with van der Waals surface area (Å²) in [5, 5.41) is 0. The van der Waals surface area contributed by atoms with Crippen LogP contribution in [0.1, 0.15) is 43.2 Å². The first-order valence-electron chi connectivity index (χ1n) is 7.34. The van der Waals surface area contributed by atoms with Crippen LogP contribution in [0.2, 0.25) is 0 Å². The zero-order valence-electron chi connectivity index (χ0n) is 12.2. The van der Waals surface area contributed by atoms with Crippen molar-refractivity contribution >= 4 is 6.29 Å². The van der Waals surface area contributed by atoms with Crippen LogP contribution in [0.15, 0.2) is 24.3 Å². The third kappa shape index (κ3) is 3.90. The minimum atomic E-state index is -0.0865. The maximum atomic E-state index is 11.5. The van der Waals surface area contributed by atoms with Crippen molar-refractivity contribution < 1.29 is 4.79 Å². The highest BCUT2D eigenvalue weighted by Crippen LogP contribution is 2.35. The van der Waals surface area contributed by atoms with E-state index in [1.807, 2.05) is 0 Å². The molecule has 0 bridgehead atoms. The van der Waals surface area contributed by atoms with Gasteiger partial charge < -0.3 is 9.69 Å². The Balaban J connectivity index is 1.96. The molecule has 0 unspecified atom stereocenters. The molecule has 0 N–H and O–H groups in total. The number of rotatable bonds is 5. The van der Waals surface area contributed by atoms with Crippen molar-refractivity contribution in [2.75, 3.05) is 13.6 Å². The zero-order valence-corrected chi connectivity index (χ0v) is 12.2. The van der Waals surface area contributed by atoms with Crippen LogP contribution in [0.4, 0.5) is 0 Å². The standard InChI is InChI=1S/C17H25NO/c1-15-7-6-8-16(11-15)12-18(2)13-17(14-19)9-4-3-5-10-17/h6-8,11,14H,3-5,9-10,12-13H2,1-2H3. The lowest BCUT2D eigenvalue weighted by atomic mass is 9.75. The predicted octanol–water partition coefficient (Wildman–Crippen LogP) is 3.58. The summed E-state index contributed by atoms with van der Waals surface area (Å²) in [6.07, 6.45) is 7.05. The van der Waals surface area contributed by atoms with Gasteiger partial charge in [0.25, 0.3) is 0 Å². The van der Waals surface area contributed by atoms with E-state index in [0.29, 0.717) is 0 Å². The van der Waals surface area contributed by atoms with Crippen LogP contribution >= 0.6 is 0 Å². The molecule has 104 valence electrons. The summed E-state index contributed by atoms with van der Waals surface area (Å²) in [5.74, 6) is 0. The summed E-state index contributed by atoms with van der Waals surface area (Å²) in [6.45, 7) is 3.94. The van der Waals surface area contributed by atoms with E-state index in [-0.39, 0.29) is 5.41 Å². The number of aryl methyl sites for hydroxylation is 1. The Morgan fingerprint density at radius 3 is 2.63 bits per heavy atom. The van der Waals surface area contributed by atoms with Crippen molar-refractivity contribution in [3.8, 4) is 0 Å². The van der Waals surface area contributed by atoms with Gasteiger partial charge in [-0.3, -0.25) is 0 Å². The molecule has 1 aliphatic carbocycles. The average Bonchev–Trinajstić information content (AvgIpc) is 2.39. The van der Waals surface area contributed by atoms with Gasteiger partial charge in [0.15, 0.2) is 0 Å².